The molecule has 2 atom stereocenters. The standard InChI is InChI=1S/C41H63N3O4S/c1-10-11-20-49(9)21-19-44(29-49)27-33-24-35(41(6,7)8)22-31(25-42)38(33)48-39(46-28-30(2)45)47-37-18-17-34(40(3,4)5)23-32(37)26-43-36-15-13-12-14-16-36/h17-18,22-26,36,39,42H,10-16,19-21,27-29H2,1-9H3. The van der Waals surface area contributed by atoms with Crippen molar-refractivity contribution in [1.29, 1.82) is 5.41 Å². The van der Waals surface area contributed by atoms with Crippen LogP contribution in [-0.2, 0) is 26.9 Å². The maximum absolute atomic E-state index is 12.2. The summed E-state index contributed by atoms with van der Waals surface area (Å²) in [5.41, 5.74) is 4.70. The third-order valence-corrected chi connectivity index (χ3v) is 13.2. The molecule has 2 fully saturated rings. The predicted octanol–water partition coefficient (Wildman–Crippen LogP) is 9.39. The minimum absolute atomic E-state index is 0.0561. The number of Topliss-reactive ketones (excluding diaryl/α,β-unsaturated/α-hetero) is 1. The Morgan fingerprint density at radius 1 is 1.02 bits per heavy atom. The van der Waals surface area contributed by atoms with Gasteiger partial charge in [0.1, 0.15) is 18.1 Å². The van der Waals surface area contributed by atoms with Gasteiger partial charge in [-0.25, -0.2) is 10.0 Å². The second kappa shape index (κ2) is 17.0. The van der Waals surface area contributed by atoms with E-state index in [-0.39, 0.29) is 23.2 Å². The molecule has 2 aromatic rings. The third kappa shape index (κ3) is 11.4. The van der Waals surface area contributed by atoms with Crippen LogP contribution < -0.4 is 9.47 Å². The number of ketones is 1. The summed E-state index contributed by atoms with van der Waals surface area (Å²) in [5.74, 6) is 4.70. The molecule has 1 aliphatic heterocycles. The maximum Gasteiger partial charge on any atom is 0.361 e. The lowest BCUT2D eigenvalue weighted by atomic mass is 9.84. The van der Waals surface area contributed by atoms with Crippen molar-refractivity contribution in [3.8, 4) is 11.5 Å². The van der Waals surface area contributed by atoms with Crippen LogP contribution in [-0.4, -0.2) is 72.4 Å². The summed E-state index contributed by atoms with van der Waals surface area (Å²) in [6.45, 7) is 17.4. The normalized spacial score (nSPS) is 21.4. The number of carbonyl (C=O) groups excluding carboxylic acids is 1. The lowest BCUT2D eigenvalue weighted by Gasteiger charge is -2.31. The Bertz CT molecular complexity index is 1450. The number of rotatable bonds is 15. The molecule has 0 aromatic heterocycles. The van der Waals surface area contributed by atoms with Crippen molar-refractivity contribution in [3.63, 3.8) is 0 Å². The second-order valence-electron chi connectivity index (χ2n) is 16.5. The van der Waals surface area contributed by atoms with Crippen LogP contribution in [0.3, 0.4) is 0 Å². The number of carbonyl (C=O) groups is 1. The zero-order valence-electron chi connectivity index (χ0n) is 31.8. The van der Waals surface area contributed by atoms with Gasteiger partial charge < -0.3 is 19.6 Å². The molecule has 0 amide bonds. The first-order chi connectivity index (χ1) is 23.1. The van der Waals surface area contributed by atoms with E-state index in [2.05, 4.69) is 77.8 Å². The molecule has 1 saturated heterocycles. The largest absolute Gasteiger partial charge is 0.431 e. The highest BCUT2D eigenvalue weighted by molar-refractivity contribution is 8.33. The highest BCUT2D eigenvalue weighted by Crippen LogP contribution is 2.50. The molecule has 8 heteroatoms. The van der Waals surface area contributed by atoms with Crippen LogP contribution >= 0.6 is 10.0 Å². The van der Waals surface area contributed by atoms with Gasteiger partial charge in [-0.05, 0) is 84.1 Å². The molecule has 2 unspecified atom stereocenters. The van der Waals surface area contributed by atoms with Gasteiger partial charge in [0.25, 0.3) is 0 Å². The first kappa shape index (κ1) is 39.1. The van der Waals surface area contributed by atoms with Crippen molar-refractivity contribution in [3.05, 3.63) is 58.1 Å². The van der Waals surface area contributed by atoms with E-state index in [4.69, 9.17) is 24.6 Å². The van der Waals surface area contributed by atoms with E-state index in [1.165, 1.54) is 62.3 Å². The zero-order valence-corrected chi connectivity index (χ0v) is 32.6. The van der Waals surface area contributed by atoms with Crippen molar-refractivity contribution in [1.82, 2.24) is 4.90 Å². The fourth-order valence-electron chi connectivity index (χ4n) is 6.58. The van der Waals surface area contributed by atoms with E-state index in [1.54, 1.807) is 0 Å². The van der Waals surface area contributed by atoms with Crippen molar-refractivity contribution in [2.24, 2.45) is 4.99 Å². The predicted molar refractivity (Wildman–Crippen MR) is 208 cm³/mol. The van der Waals surface area contributed by atoms with Gasteiger partial charge in [-0.1, -0.05) is 86.3 Å². The molecule has 1 aliphatic carbocycles. The van der Waals surface area contributed by atoms with Gasteiger partial charge in [0.15, 0.2) is 5.78 Å². The van der Waals surface area contributed by atoms with Gasteiger partial charge >= 0.3 is 6.48 Å². The van der Waals surface area contributed by atoms with Gasteiger partial charge in [-0.3, -0.25) is 14.7 Å². The van der Waals surface area contributed by atoms with E-state index in [0.717, 1.165) is 42.0 Å². The van der Waals surface area contributed by atoms with Gasteiger partial charge in [0, 0.05) is 54.1 Å². The van der Waals surface area contributed by atoms with Crippen LogP contribution in [0.1, 0.15) is 128 Å². The number of benzene rings is 2. The zero-order chi connectivity index (χ0) is 35.8. The molecule has 0 bridgehead atoms. The number of unbranched alkanes of at least 4 members (excludes halogenated alkanes) is 1. The number of nitrogens with one attached hydrogen (secondary N) is 1. The topological polar surface area (TPSA) is 84.2 Å². The minimum atomic E-state index is -1.21. The fraction of sp³-hybridized carbons (Fsp3) is 0.634. The highest BCUT2D eigenvalue weighted by atomic mass is 32.3. The summed E-state index contributed by atoms with van der Waals surface area (Å²) in [4.78, 5) is 19.7. The fourth-order valence-corrected chi connectivity index (χ4v) is 9.82. The van der Waals surface area contributed by atoms with Gasteiger partial charge in [0.2, 0.25) is 0 Å². The molecular formula is C41H63N3O4S. The van der Waals surface area contributed by atoms with E-state index < -0.39 is 16.5 Å². The Balaban J connectivity index is 1.71. The Hall–Kier alpha value is -2.68. The monoisotopic (exact) mass is 693 g/mol. The van der Waals surface area contributed by atoms with Crippen LogP contribution in [0, 0.1) is 5.41 Å². The molecular weight excluding hydrogens is 631 g/mol. The average molecular weight is 694 g/mol. The summed E-state index contributed by atoms with van der Waals surface area (Å²) in [6, 6.07) is 10.8. The maximum atomic E-state index is 12.2. The molecule has 1 N–H and O–H groups in total. The van der Waals surface area contributed by atoms with Crippen molar-refractivity contribution >= 4 is 28.2 Å². The van der Waals surface area contributed by atoms with E-state index in [1.807, 2.05) is 18.3 Å². The Morgan fingerprint density at radius 3 is 2.35 bits per heavy atom. The number of nitrogens with zero attached hydrogens (tertiary/aromatic N) is 2. The third-order valence-electron chi connectivity index (χ3n) is 9.73. The van der Waals surface area contributed by atoms with Crippen LogP contribution in [0.2, 0.25) is 0 Å². The molecule has 0 spiro atoms. The molecule has 0 radical (unpaired) electrons. The smallest absolute Gasteiger partial charge is 0.361 e. The summed E-state index contributed by atoms with van der Waals surface area (Å²) >= 11 is 0. The summed E-state index contributed by atoms with van der Waals surface area (Å²) in [7, 11) is -0.676. The number of ether oxygens (including phenoxy) is 3. The van der Waals surface area contributed by atoms with Crippen LogP contribution in [0.25, 0.3) is 0 Å². The molecule has 1 heterocycles. The Labute approximate surface area is 298 Å². The Kier molecular flexibility index (Phi) is 13.6. The Morgan fingerprint density at radius 2 is 1.71 bits per heavy atom. The molecule has 272 valence electrons. The van der Waals surface area contributed by atoms with E-state index in [0.29, 0.717) is 29.6 Å². The molecule has 7 nitrogen and oxygen atoms in total. The van der Waals surface area contributed by atoms with Crippen LogP contribution in [0.4, 0.5) is 0 Å². The van der Waals surface area contributed by atoms with Crippen LogP contribution in [0.5, 0.6) is 11.5 Å². The van der Waals surface area contributed by atoms with Crippen molar-refractivity contribution < 1.29 is 19.0 Å². The number of aliphatic imine (C=N–C) groups is 1. The first-order valence-electron chi connectivity index (χ1n) is 18.3. The van der Waals surface area contributed by atoms with Crippen LogP contribution in [0.15, 0.2) is 35.3 Å². The molecule has 49 heavy (non-hydrogen) atoms. The quantitative estimate of drug-likeness (QED) is 0.148. The van der Waals surface area contributed by atoms with E-state index in [9.17, 15) is 4.79 Å². The summed E-state index contributed by atoms with van der Waals surface area (Å²) < 4.78 is 19.2. The van der Waals surface area contributed by atoms with Gasteiger partial charge in [-0.15, -0.1) is 0 Å². The molecule has 4 rings (SSSR count). The lowest BCUT2D eigenvalue weighted by molar-refractivity contribution is -0.199. The molecule has 1 saturated carbocycles. The second-order valence-corrected chi connectivity index (χ2v) is 20.5. The summed E-state index contributed by atoms with van der Waals surface area (Å²) in [6.07, 6.45) is 14.2. The first-order valence-corrected chi connectivity index (χ1v) is 20.9. The van der Waals surface area contributed by atoms with Gasteiger partial charge in [0.05, 0.1) is 0 Å². The van der Waals surface area contributed by atoms with Gasteiger partial charge in [-0.2, -0.15) is 0 Å². The number of hydrogen-bond donors (Lipinski definition) is 1. The van der Waals surface area contributed by atoms with Crippen molar-refractivity contribution in [2.45, 2.75) is 130 Å². The van der Waals surface area contributed by atoms with Crippen molar-refractivity contribution in [2.75, 3.05) is 36.8 Å². The molecule has 2 aliphatic rings. The van der Waals surface area contributed by atoms with E-state index >= 15 is 0 Å². The minimum Gasteiger partial charge on any atom is -0.431 e. The average Bonchev–Trinajstić information content (AvgIpc) is 3.42. The summed E-state index contributed by atoms with van der Waals surface area (Å²) in [5, 5.41) is 8.44. The highest BCUT2D eigenvalue weighted by Gasteiger charge is 2.31. The molecule has 2 aromatic carbocycles. The SMILES string of the molecule is CCCCS1(C)CCN(Cc2cc(C(C)(C)C)cc(C=N)c2OC(OCC(C)=O)Oc2ccc(C(C)(C)C)cc2C=NC2CCCCC2)C1. The number of hydrogen-bond acceptors (Lipinski definition) is 7. The lowest BCUT2D eigenvalue weighted by Crippen LogP contribution is -2.31.